The third-order valence-corrected chi connectivity index (χ3v) is 3.64. The first-order valence-electron chi connectivity index (χ1n) is 7.18. The minimum Gasteiger partial charge on any atom is -0.497 e. The summed E-state index contributed by atoms with van der Waals surface area (Å²) in [4.78, 5) is 0. The van der Waals surface area contributed by atoms with E-state index in [0.29, 0.717) is 6.04 Å². The van der Waals surface area contributed by atoms with E-state index < -0.39 is 0 Å². The number of ether oxygens (including phenoxy) is 2. The summed E-state index contributed by atoms with van der Waals surface area (Å²) in [5, 5.41) is 3.39. The van der Waals surface area contributed by atoms with E-state index in [2.05, 4.69) is 29.6 Å². The van der Waals surface area contributed by atoms with Crippen molar-refractivity contribution in [2.45, 2.75) is 18.9 Å². The summed E-state index contributed by atoms with van der Waals surface area (Å²) in [5.74, 6) is 1.81. The molecule has 2 rings (SSSR count). The fourth-order valence-corrected chi connectivity index (χ4v) is 2.44. The molecule has 0 aliphatic rings. The maximum Gasteiger partial charge on any atom is 0.119 e. The summed E-state index contributed by atoms with van der Waals surface area (Å²) in [5.41, 5.74) is 2.55. The number of hydrogen-bond acceptors (Lipinski definition) is 3. The van der Waals surface area contributed by atoms with E-state index >= 15 is 0 Å². The van der Waals surface area contributed by atoms with Gasteiger partial charge >= 0.3 is 0 Å². The Kier molecular flexibility index (Phi) is 5.64. The third-order valence-electron chi connectivity index (χ3n) is 3.64. The van der Waals surface area contributed by atoms with Gasteiger partial charge in [-0.2, -0.15) is 0 Å². The molecule has 0 saturated carbocycles. The van der Waals surface area contributed by atoms with Crippen molar-refractivity contribution in [3.8, 4) is 11.5 Å². The predicted molar refractivity (Wildman–Crippen MR) is 86.2 cm³/mol. The monoisotopic (exact) mass is 285 g/mol. The minimum absolute atomic E-state index is 0.379. The van der Waals surface area contributed by atoms with Gasteiger partial charge in [-0.25, -0.2) is 0 Å². The first-order chi connectivity index (χ1) is 10.2. The van der Waals surface area contributed by atoms with Crippen LogP contribution in [0.15, 0.2) is 48.5 Å². The van der Waals surface area contributed by atoms with Crippen molar-refractivity contribution >= 4 is 0 Å². The average Bonchev–Trinajstić information content (AvgIpc) is 2.54. The molecule has 0 radical (unpaired) electrons. The Morgan fingerprint density at radius 2 is 1.33 bits per heavy atom. The van der Waals surface area contributed by atoms with Crippen LogP contribution in [0.2, 0.25) is 0 Å². The van der Waals surface area contributed by atoms with Crippen LogP contribution in [0.25, 0.3) is 0 Å². The van der Waals surface area contributed by atoms with E-state index in [1.807, 2.05) is 31.3 Å². The molecule has 21 heavy (non-hydrogen) atoms. The van der Waals surface area contributed by atoms with Crippen LogP contribution in [0.1, 0.15) is 11.1 Å². The Hall–Kier alpha value is -2.00. The molecule has 0 amide bonds. The molecule has 0 unspecified atom stereocenters. The molecule has 1 N–H and O–H groups in total. The molecular formula is C18H23NO2. The zero-order chi connectivity index (χ0) is 15.1. The quantitative estimate of drug-likeness (QED) is 0.848. The van der Waals surface area contributed by atoms with Gasteiger partial charge in [-0.3, -0.25) is 0 Å². The van der Waals surface area contributed by atoms with Crippen molar-refractivity contribution in [2.75, 3.05) is 21.3 Å². The van der Waals surface area contributed by atoms with E-state index in [9.17, 15) is 0 Å². The number of benzene rings is 2. The molecule has 0 aromatic heterocycles. The lowest BCUT2D eigenvalue weighted by Gasteiger charge is -2.17. The smallest absolute Gasteiger partial charge is 0.119 e. The molecule has 0 heterocycles. The molecule has 0 saturated heterocycles. The Labute approximate surface area is 126 Å². The molecule has 0 bridgehead atoms. The van der Waals surface area contributed by atoms with Crippen LogP contribution >= 0.6 is 0 Å². The number of likely N-dealkylation sites (N-methyl/N-ethyl adjacent to an activating group) is 1. The number of methoxy groups -OCH3 is 2. The lowest BCUT2D eigenvalue weighted by Crippen LogP contribution is -2.29. The molecule has 2 aromatic carbocycles. The Bertz CT molecular complexity index is 519. The van der Waals surface area contributed by atoms with E-state index in [4.69, 9.17) is 9.47 Å². The summed E-state index contributed by atoms with van der Waals surface area (Å²) in [6.07, 6.45) is 1.93. The lowest BCUT2D eigenvalue weighted by molar-refractivity contribution is 0.413. The molecule has 3 heteroatoms. The van der Waals surface area contributed by atoms with Gasteiger partial charge in [-0.15, -0.1) is 0 Å². The predicted octanol–water partition coefficient (Wildman–Crippen LogP) is 3.08. The van der Waals surface area contributed by atoms with Crippen molar-refractivity contribution in [1.82, 2.24) is 5.32 Å². The van der Waals surface area contributed by atoms with Gasteiger partial charge in [0.2, 0.25) is 0 Å². The van der Waals surface area contributed by atoms with Crippen LogP contribution < -0.4 is 14.8 Å². The molecule has 0 fully saturated rings. The normalized spacial score (nSPS) is 10.7. The van der Waals surface area contributed by atoms with Crippen LogP contribution in [0.5, 0.6) is 11.5 Å². The fraction of sp³-hybridized carbons (Fsp3) is 0.333. The largest absolute Gasteiger partial charge is 0.497 e. The molecular weight excluding hydrogens is 262 g/mol. The lowest BCUT2D eigenvalue weighted by atomic mass is 9.99. The molecule has 2 aromatic rings. The molecule has 0 spiro atoms. The van der Waals surface area contributed by atoms with Crippen LogP contribution in [0.4, 0.5) is 0 Å². The van der Waals surface area contributed by atoms with Gasteiger partial charge in [0.25, 0.3) is 0 Å². The fourth-order valence-electron chi connectivity index (χ4n) is 2.44. The van der Waals surface area contributed by atoms with Crippen molar-refractivity contribution < 1.29 is 9.47 Å². The Morgan fingerprint density at radius 3 is 1.71 bits per heavy atom. The van der Waals surface area contributed by atoms with Crippen molar-refractivity contribution in [1.29, 1.82) is 0 Å². The standard InChI is InChI=1S/C18H23NO2/c1-19-16(10-14-6-4-8-17(12-14)20-2)11-15-7-5-9-18(13-15)21-3/h4-9,12-13,16,19H,10-11H2,1-3H3. The first kappa shape index (κ1) is 15.4. The summed E-state index contributed by atoms with van der Waals surface area (Å²) >= 11 is 0. The molecule has 0 aliphatic carbocycles. The van der Waals surface area contributed by atoms with Gasteiger partial charge < -0.3 is 14.8 Å². The second-order valence-electron chi connectivity index (χ2n) is 5.10. The van der Waals surface area contributed by atoms with E-state index in [1.165, 1.54) is 11.1 Å². The highest BCUT2D eigenvalue weighted by Gasteiger charge is 2.09. The van der Waals surface area contributed by atoms with Crippen LogP contribution in [-0.4, -0.2) is 27.3 Å². The number of rotatable bonds is 7. The average molecular weight is 285 g/mol. The zero-order valence-corrected chi connectivity index (χ0v) is 12.9. The highest BCUT2D eigenvalue weighted by Crippen LogP contribution is 2.17. The minimum atomic E-state index is 0.379. The van der Waals surface area contributed by atoms with Crippen LogP contribution in [0.3, 0.4) is 0 Å². The topological polar surface area (TPSA) is 30.5 Å². The summed E-state index contributed by atoms with van der Waals surface area (Å²) in [6.45, 7) is 0. The van der Waals surface area contributed by atoms with Gasteiger partial charge in [0.05, 0.1) is 14.2 Å². The summed E-state index contributed by atoms with van der Waals surface area (Å²) in [6, 6.07) is 16.9. The highest BCUT2D eigenvalue weighted by molar-refractivity contribution is 5.31. The second-order valence-corrected chi connectivity index (χ2v) is 5.10. The SMILES string of the molecule is CNC(Cc1cccc(OC)c1)Cc1cccc(OC)c1. The first-order valence-corrected chi connectivity index (χ1v) is 7.18. The maximum atomic E-state index is 5.28. The third kappa shape index (κ3) is 4.50. The van der Waals surface area contributed by atoms with Crippen molar-refractivity contribution in [2.24, 2.45) is 0 Å². The molecule has 0 atom stereocenters. The van der Waals surface area contributed by atoms with Gasteiger partial charge in [-0.05, 0) is 55.3 Å². The Balaban J connectivity index is 2.05. The van der Waals surface area contributed by atoms with Gasteiger partial charge in [0.15, 0.2) is 0 Å². The van der Waals surface area contributed by atoms with Crippen LogP contribution in [0, 0.1) is 0 Å². The van der Waals surface area contributed by atoms with E-state index in [0.717, 1.165) is 24.3 Å². The number of hydrogen-bond donors (Lipinski definition) is 1. The van der Waals surface area contributed by atoms with Crippen molar-refractivity contribution in [3.05, 3.63) is 59.7 Å². The summed E-state index contributed by atoms with van der Waals surface area (Å²) in [7, 11) is 5.40. The molecule has 112 valence electrons. The van der Waals surface area contributed by atoms with E-state index in [1.54, 1.807) is 14.2 Å². The van der Waals surface area contributed by atoms with Crippen LogP contribution in [-0.2, 0) is 12.8 Å². The highest BCUT2D eigenvalue weighted by atomic mass is 16.5. The number of nitrogens with one attached hydrogen (secondary N) is 1. The Morgan fingerprint density at radius 1 is 0.857 bits per heavy atom. The molecule has 3 nitrogen and oxygen atoms in total. The second kappa shape index (κ2) is 7.70. The van der Waals surface area contributed by atoms with E-state index in [-0.39, 0.29) is 0 Å². The zero-order valence-electron chi connectivity index (χ0n) is 12.9. The van der Waals surface area contributed by atoms with Crippen molar-refractivity contribution in [3.63, 3.8) is 0 Å². The van der Waals surface area contributed by atoms with Gasteiger partial charge in [-0.1, -0.05) is 24.3 Å². The summed E-state index contributed by atoms with van der Waals surface area (Å²) < 4.78 is 10.6. The van der Waals surface area contributed by atoms with Gasteiger partial charge in [0.1, 0.15) is 11.5 Å². The maximum absolute atomic E-state index is 5.28. The molecule has 0 aliphatic heterocycles. The van der Waals surface area contributed by atoms with Gasteiger partial charge in [0, 0.05) is 6.04 Å².